The maximum absolute atomic E-state index is 10.7. The summed E-state index contributed by atoms with van der Waals surface area (Å²) in [5.74, 6) is -0.465. The van der Waals surface area contributed by atoms with Gasteiger partial charge in [-0.1, -0.05) is 0 Å². The summed E-state index contributed by atoms with van der Waals surface area (Å²) in [6.45, 7) is 0. The molecule has 0 aliphatic rings. The van der Waals surface area contributed by atoms with Crippen LogP contribution in [0.15, 0.2) is 6.20 Å². The molecule has 0 fully saturated rings. The zero-order valence-electron chi connectivity index (χ0n) is 5.74. The molecule has 0 unspecified atom stereocenters. The second-order valence-electron chi connectivity index (χ2n) is 1.71. The van der Waals surface area contributed by atoms with Crippen LogP contribution in [-0.2, 0) is 11.8 Å². The van der Waals surface area contributed by atoms with Crippen molar-refractivity contribution >= 4 is 5.97 Å². The number of ether oxygens (including phenoxy) is 1. The lowest BCUT2D eigenvalue weighted by Crippen LogP contribution is -2.02. The number of aryl methyl sites for hydroxylation is 1. The van der Waals surface area contributed by atoms with Crippen LogP contribution >= 0.6 is 0 Å². The predicted molar refractivity (Wildman–Crippen MR) is 32.3 cm³/mol. The summed E-state index contributed by atoms with van der Waals surface area (Å²) in [5, 5.41) is 7.40. The molecule has 0 bridgehead atoms. The molecule has 10 heavy (non-hydrogen) atoms. The summed E-state index contributed by atoms with van der Waals surface area (Å²) in [5.41, 5.74) is 0.227. The van der Waals surface area contributed by atoms with Crippen LogP contribution in [0.4, 0.5) is 0 Å². The number of esters is 1. The molecule has 0 aromatic carbocycles. The first kappa shape index (κ1) is 6.73. The van der Waals surface area contributed by atoms with Gasteiger partial charge in [-0.25, -0.2) is 4.79 Å². The molecule has 54 valence electrons. The fourth-order valence-corrected chi connectivity index (χ4v) is 0.544. The first-order valence-electron chi connectivity index (χ1n) is 2.68. The van der Waals surface area contributed by atoms with Crippen LogP contribution < -0.4 is 0 Å². The smallest absolute Gasteiger partial charge is 0.360 e. The summed E-state index contributed by atoms with van der Waals surface area (Å²) in [6, 6.07) is 0. The highest BCUT2D eigenvalue weighted by Crippen LogP contribution is 1.91. The number of hydrogen-bond donors (Lipinski definition) is 0. The zero-order valence-corrected chi connectivity index (χ0v) is 5.74. The number of rotatable bonds is 1. The molecule has 0 radical (unpaired) electrons. The van der Waals surface area contributed by atoms with Gasteiger partial charge in [0.2, 0.25) is 0 Å². The Labute approximate surface area is 57.6 Å². The summed E-state index contributed by atoms with van der Waals surface area (Å²) < 4.78 is 4.39. The molecule has 0 amide bonds. The molecule has 0 N–H and O–H groups in total. The largest absolute Gasteiger partial charge is 0.464 e. The first-order chi connectivity index (χ1) is 4.74. The lowest BCUT2D eigenvalue weighted by Gasteiger charge is -1.89. The van der Waals surface area contributed by atoms with E-state index in [4.69, 9.17) is 0 Å². The number of carbonyl (C=O) groups excluding carboxylic acids is 1. The average molecular weight is 141 g/mol. The van der Waals surface area contributed by atoms with Gasteiger partial charge >= 0.3 is 5.97 Å². The Hall–Kier alpha value is -1.39. The van der Waals surface area contributed by atoms with E-state index in [1.54, 1.807) is 7.05 Å². The average Bonchev–Trinajstić information content (AvgIpc) is 2.34. The molecule has 0 spiro atoms. The van der Waals surface area contributed by atoms with Gasteiger partial charge in [-0.2, -0.15) is 9.90 Å². The molecule has 5 nitrogen and oxygen atoms in total. The second kappa shape index (κ2) is 2.47. The van der Waals surface area contributed by atoms with Gasteiger partial charge in [0.15, 0.2) is 5.69 Å². The third-order valence-electron chi connectivity index (χ3n) is 0.994. The van der Waals surface area contributed by atoms with Crippen LogP contribution in [-0.4, -0.2) is 28.1 Å². The molecular weight excluding hydrogens is 134 g/mol. The number of nitrogens with zero attached hydrogens (tertiary/aromatic N) is 3. The summed E-state index contributed by atoms with van der Waals surface area (Å²) in [6.07, 6.45) is 1.35. The lowest BCUT2D eigenvalue weighted by molar-refractivity contribution is 0.0593. The highest BCUT2D eigenvalue weighted by molar-refractivity contribution is 5.86. The van der Waals surface area contributed by atoms with Gasteiger partial charge in [-0.15, -0.1) is 5.10 Å². The fourth-order valence-electron chi connectivity index (χ4n) is 0.544. The van der Waals surface area contributed by atoms with Crippen LogP contribution in [0.2, 0.25) is 0 Å². The number of carbonyl (C=O) groups is 1. The molecule has 1 aromatic rings. The Morgan fingerprint density at radius 2 is 2.50 bits per heavy atom. The minimum Gasteiger partial charge on any atom is -0.464 e. The van der Waals surface area contributed by atoms with Crippen molar-refractivity contribution in [2.24, 2.45) is 7.05 Å². The Morgan fingerprint density at radius 1 is 1.80 bits per heavy atom. The summed E-state index contributed by atoms with van der Waals surface area (Å²) in [7, 11) is 2.93. The van der Waals surface area contributed by atoms with Crippen LogP contribution in [0.5, 0.6) is 0 Å². The van der Waals surface area contributed by atoms with E-state index in [0.717, 1.165) is 0 Å². The van der Waals surface area contributed by atoms with Crippen molar-refractivity contribution in [2.75, 3.05) is 7.11 Å². The van der Waals surface area contributed by atoms with Crippen molar-refractivity contribution in [3.63, 3.8) is 0 Å². The maximum Gasteiger partial charge on any atom is 0.360 e. The van der Waals surface area contributed by atoms with E-state index in [1.807, 2.05) is 0 Å². The first-order valence-corrected chi connectivity index (χ1v) is 2.68. The molecule has 0 aliphatic heterocycles. The second-order valence-corrected chi connectivity index (χ2v) is 1.71. The molecular formula is C5H7N3O2. The number of hydrogen-bond acceptors (Lipinski definition) is 4. The number of methoxy groups -OCH3 is 1. The quantitative estimate of drug-likeness (QED) is 0.499. The standard InChI is InChI=1S/C5H7N3O2/c1-8-6-3-4(7-8)5(9)10-2/h3H,1-2H3. The van der Waals surface area contributed by atoms with Crippen molar-refractivity contribution in [3.05, 3.63) is 11.9 Å². The third kappa shape index (κ3) is 1.12. The number of aromatic nitrogens is 3. The van der Waals surface area contributed by atoms with E-state index in [1.165, 1.54) is 18.1 Å². The SMILES string of the molecule is COC(=O)c1cnn(C)n1. The van der Waals surface area contributed by atoms with Gasteiger partial charge in [0.1, 0.15) is 0 Å². The van der Waals surface area contributed by atoms with Gasteiger partial charge < -0.3 is 4.74 Å². The molecule has 5 heteroatoms. The van der Waals surface area contributed by atoms with E-state index < -0.39 is 5.97 Å². The lowest BCUT2D eigenvalue weighted by atomic mass is 10.5. The van der Waals surface area contributed by atoms with Crippen LogP contribution in [0, 0.1) is 0 Å². The molecule has 1 heterocycles. The zero-order chi connectivity index (χ0) is 7.56. The highest BCUT2D eigenvalue weighted by atomic mass is 16.5. The molecule has 0 atom stereocenters. The topological polar surface area (TPSA) is 57.0 Å². The third-order valence-corrected chi connectivity index (χ3v) is 0.994. The van der Waals surface area contributed by atoms with Crippen molar-refractivity contribution in [1.29, 1.82) is 0 Å². The molecule has 0 saturated heterocycles. The van der Waals surface area contributed by atoms with Crippen LogP contribution in [0.3, 0.4) is 0 Å². The summed E-state index contributed by atoms with van der Waals surface area (Å²) >= 11 is 0. The minimum atomic E-state index is -0.465. The van der Waals surface area contributed by atoms with Gasteiger partial charge in [0.05, 0.1) is 13.3 Å². The molecule has 0 aliphatic carbocycles. The van der Waals surface area contributed by atoms with E-state index in [9.17, 15) is 4.79 Å². The van der Waals surface area contributed by atoms with Crippen molar-refractivity contribution in [2.45, 2.75) is 0 Å². The van der Waals surface area contributed by atoms with E-state index in [-0.39, 0.29) is 5.69 Å². The van der Waals surface area contributed by atoms with Gasteiger partial charge in [0, 0.05) is 7.05 Å². The van der Waals surface area contributed by atoms with Crippen LogP contribution in [0.25, 0.3) is 0 Å². The normalized spacial score (nSPS) is 9.40. The minimum absolute atomic E-state index is 0.227. The fraction of sp³-hybridized carbons (Fsp3) is 0.400. The Kier molecular flexibility index (Phi) is 1.66. The highest BCUT2D eigenvalue weighted by Gasteiger charge is 2.07. The molecule has 1 aromatic heterocycles. The molecule has 0 saturated carbocycles. The predicted octanol–water partition coefficient (Wildman–Crippen LogP) is -0.398. The Morgan fingerprint density at radius 3 is 2.90 bits per heavy atom. The van der Waals surface area contributed by atoms with E-state index >= 15 is 0 Å². The molecule has 1 rings (SSSR count). The van der Waals surface area contributed by atoms with Gasteiger partial charge in [-0.3, -0.25) is 0 Å². The van der Waals surface area contributed by atoms with Gasteiger partial charge in [-0.05, 0) is 0 Å². The van der Waals surface area contributed by atoms with Gasteiger partial charge in [0.25, 0.3) is 0 Å². The van der Waals surface area contributed by atoms with Crippen molar-refractivity contribution < 1.29 is 9.53 Å². The Balaban J connectivity index is 2.85. The van der Waals surface area contributed by atoms with E-state index in [0.29, 0.717) is 0 Å². The van der Waals surface area contributed by atoms with Crippen LogP contribution in [0.1, 0.15) is 10.5 Å². The van der Waals surface area contributed by atoms with Crippen molar-refractivity contribution in [1.82, 2.24) is 15.0 Å². The summed E-state index contributed by atoms with van der Waals surface area (Å²) in [4.78, 5) is 12.0. The van der Waals surface area contributed by atoms with E-state index in [2.05, 4.69) is 14.9 Å². The van der Waals surface area contributed by atoms with Crippen molar-refractivity contribution in [3.8, 4) is 0 Å². The maximum atomic E-state index is 10.7. The monoisotopic (exact) mass is 141 g/mol. The Bertz CT molecular complexity index is 243.